The van der Waals surface area contributed by atoms with Crippen LogP contribution in [-0.2, 0) is 14.9 Å². The molecule has 0 N–H and O–H groups in total. The SMILES string of the molecule is COC(OC)c1cc(C(C)(C)C)ccc1Br. The Bertz CT molecular complexity index is 351. The normalized spacial score (nSPS) is 12.2. The van der Waals surface area contributed by atoms with Gasteiger partial charge in [-0.15, -0.1) is 0 Å². The maximum absolute atomic E-state index is 5.28. The molecule has 0 spiro atoms. The van der Waals surface area contributed by atoms with E-state index in [0.717, 1.165) is 10.0 Å². The van der Waals surface area contributed by atoms with Crippen molar-refractivity contribution >= 4 is 15.9 Å². The lowest BCUT2D eigenvalue weighted by Gasteiger charge is -2.22. The molecule has 1 rings (SSSR count). The van der Waals surface area contributed by atoms with Gasteiger partial charge in [0, 0.05) is 24.3 Å². The molecule has 0 atom stereocenters. The van der Waals surface area contributed by atoms with Crippen LogP contribution in [0.1, 0.15) is 38.2 Å². The Morgan fingerprint density at radius 1 is 1.12 bits per heavy atom. The van der Waals surface area contributed by atoms with Crippen LogP contribution in [0, 0.1) is 0 Å². The highest BCUT2D eigenvalue weighted by molar-refractivity contribution is 9.10. The lowest BCUT2D eigenvalue weighted by Crippen LogP contribution is -2.13. The molecule has 0 aliphatic rings. The van der Waals surface area contributed by atoms with Crippen LogP contribution in [-0.4, -0.2) is 14.2 Å². The van der Waals surface area contributed by atoms with Gasteiger partial charge in [-0.25, -0.2) is 0 Å². The molecule has 0 aromatic heterocycles. The Balaban J connectivity index is 3.18. The van der Waals surface area contributed by atoms with Gasteiger partial charge in [0.2, 0.25) is 0 Å². The maximum Gasteiger partial charge on any atom is 0.184 e. The topological polar surface area (TPSA) is 18.5 Å². The summed E-state index contributed by atoms with van der Waals surface area (Å²) in [6.07, 6.45) is -0.323. The molecular weight excluding hydrogens is 268 g/mol. The van der Waals surface area contributed by atoms with Crippen molar-refractivity contribution in [3.63, 3.8) is 0 Å². The second-order valence-electron chi connectivity index (χ2n) is 4.79. The van der Waals surface area contributed by atoms with Crippen LogP contribution in [0.2, 0.25) is 0 Å². The van der Waals surface area contributed by atoms with Gasteiger partial charge in [0.1, 0.15) is 0 Å². The van der Waals surface area contributed by atoms with E-state index in [1.165, 1.54) is 5.56 Å². The van der Waals surface area contributed by atoms with Gasteiger partial charge in [-0.3, -0.25) is 0 Å². The average Bonchev–Trinajstić information content (AvgIpc) is 2.20. The zero-order valence-corrected chi connectivity index (χ0v) is 12.1. The van der Waals surface area contributed by atoms with Crippen LogP contribution in [0.3, 0.4) is 0 Å². The van der Waals surface area contributed by atoms with Gasteiger partial charge in [-0.05, 0) is 23.1 Å². The minimum Gasteiger partial charge on any atom is -0.352 e. The summed E-state index contributed by atoms with van der Waals surface area (Å²) in [6, 6.07) is 6.29. The predicted molar refractivity (Wildman–Crippen MR) is 69.6 cm³/mol. The van der Waals surface area contributed by atoms with E-state index >= 15 is 0 Å². The molecule has 0 aliphatic carbocycles. The molecule has 0 unspecified atom stereocenters. The van der Waals surface area contributed by atoms with Crippen molar-refractivity contribution in [1.82, 2.24) is 0 Å². The first-order valence-electron chi connectivity index (χ1n) is 5.25. The van der Waals surface area contributed by atoms with E-state index in [9.17, 15) is 0 Å². The molecule has 0 saturated carbocycles. The molecule has 0 heterocycles. The molecule has 0 bridgehead atoms. The lowest BCUT2D eigenvalue weighted by molar-refractivity contribution is -0.106. The Morgan fingerprint density at radius 2 is 1.69 bits per heavy atom. The van der Waals surface area contributed by atoms with Crippen molar-refractivity contribution in [2.45, 2.75) is 32.5 Å². The van der Waals surface area contributed by atoms with Crippen molar-refractivity contribution < 1.29 is 9.47 Å². The van der Waals surface area contributed by atoms with Gasteiger partial charge >= 0.3 is 0 Å². The molecule has 0 amide bonds. The van der Waals surface area contributed by atoms with Crippen LogP contribution in [0.25, 0.3) is 0 Å². The van der Waals surface area contributed by atoms with Crippen molar-refractivity contribution in [1.29, 1.82) is 0 Å². The molecule has 16 heavy (non-hydrogen) atoms. The average molecular weight is 287 g/mol. The number of methoxy groups -OCH3 is 2. The molecule has 0 aliphatic heterocycles. The van der Waals surface area contributed by atoms with Crippen LogP contribution < -0.4 is 0 Å². The summed E-state index contributed by atoms with van der Waals surface area (Å²) in [6.45, 7) is 6.57. The highest BCUT2D eigenvalue weighted by atomic mass is 79.9. The zero-order chi connectivity index (χ0) is 12.3. The molecule has 0 saturated heterocycles. The molecule has 1 aromatic rings. The van der Waals surface area contributed by atoms with Gasteiger partial charge in [0.05, 0.1) is 0 Å². The molecular formula is C13H19BrO2. The van der Waals surface area contributed by atoms with E-state index in [1.54, 1.807) is 14.2 Å². The number of benzene rings is 1. The van der Waals surface area contributed by atoms with Gasteiger partial charge < -0.3 is 9.47 Å². The monoisotopic (exact) mass is 286 g/mol. The van der Waals surface area contributed by atoms with Gasteiger partial charge in [-0.2, -0.15) is 0 Å². The Labute approximate surface area is 106 Å². The highest BCUT2D eigenvalue weighted by Crippen LogP contribution is 2.31. The van der Waals surface area contributed by atoms with Crippen molar-refractivity contribution in [2.24, 2.45) is 0 Å². The summed E-state index contributed by atoms with van der Waals surface area (Å²) in [5.74, 6) is 0. The largest absolute Gasteiger partial charge is 0.352 e. The smallest absolute Gasteiger partial charge is 0.184 e. The summed E-state index contributed by atoms with van der Waals surface area (Å²) in [7, 11) is 3.29. The number of halogens is 1. The second-order valence-corrected chi connectivity index (χ2v) is 5.64. The second kappa shape index (κ2) is 5.30. The predicted octanol–water partition coefficient (Wildman–Crippen LogP) is 4.04. The molecule has 90 valence electrons. The molecule has 2 nitrogen and oxygen atoms in total. The van der Waals surface area contributed by atoms with Crippen LogP contribution in [0.4, 0.5) is 0 Å². The van der Waals surface area contributed by atoms with Crippen molar-refractivity contribution in [2.75, 3.05) is 14.2 Å². The number of hydrogen-bond donors (Lipinski definition) is 0. The Hall–Kier alpha value is -0.380. The van der Waals surface area contributed by atoms with E-state index < -0.39 is 0 Å². The number of rotatable bonds is 3. The Morgan fingerprint density at radius 3 is 2.12 bits per heavy atom. The third-order valence-corrected chi connectivity index (χ3v) is 3.27. The van der Waals surface area contributed by atoms with Gasteiger partial charge in [-0.1, -0.05) is 42.8 Å². The molecule has 3 heteroatoms. The minimum absolute atomic E-state index is 0.126. The fourth-order valence-corrected chi connectivity index (χ4v) is 1.97. The van der Waals surface area contributed by atoms with Gasteiger partial charge in [0.25, 0.3) is 0 Å². The first kappa shape index (κ1) is 13.7. The van der Waals surface area contributed by atoms with E-state index in [0.29, 0.717) is 0 Å². The lowest BCUT2D eigenvalue weighted by atomic mass is 9.86. The summed E-state index contributed by atoms with van der Waals surface area (Å²) in [5, 5.41) is 0. The molecule has 0 fully saturated rings. The van der Waals surface area contributed by atoms with E-state index in [1.807, 2.05) is 6.07 Å². The van der Waals surface area contributed by atoms with E-state index in [-0.39, 0.29) is 11.7 Å². The summed E-state index contributed by atoms with van der Waals surface area (Å²) < 4.78 is 11.6. The quantitative estimate of drug-likeness (QED) is 0.781. The molecule has 0 radical (unpaired) electrons. The first-order valence-corrected chi connectivity index (χ1v) is 6.05. The van der Waals surface area contributed by atoms with E-state index in [2.05, 4.69) is 48.8 Å². The third kappa shape index (κ3) is 3.06. The van der Waals surface area contributed by atoms with Crippen LogP contribution >= 0.6 is 15.9 Å². The fraction of sp³-hybridized carbons (Fsp3) is 0.538. The fourth-order valence-electron chi connectivity index (χ4n) is 1.54. The van der Waals surface area contributed by atoms with Crippen molar-refractivity contribution in [3.8, 4) is 0 Å². The number of ether oxygens (including phenoxy) is 2. The number of hydrogen-bond acceptors (Lipinski definition) is 2. The Kier molecular flexibility index (Phi) is 4.53. The minimum atomic E-state index is -0.323. The van der Waals surface area contributed by atoms with Crippen LogP contribution in [0.5, 0.6) is 0 Å². The van der Waals surface area contributed by atoms with Crippen molar-refractivity contribution in [3.05, 3.63) is 33.8 Å². The zero-order valence-electron chi connectivity index (χ0n) is 10.5. The maximum atomic E-state index is 5.28. The molecule has 1 aromatic carbocycles. The van der Waals surface area contributed by atoms with E-state index in [4.69, 9.17) is 9.47 Å². The first-order chi connectivity index (χ1) is 7.40. The standard InChI is InChI=1S/C13H19BrO2/c1-13(2,3)9-6-7-11(14)10(8-9)12(15-4)16-5/h6-8,12H,1-5H3. The van der Waals surface area contributed by atoms with Crippen LogP contribution in [0.15, 0.2) is 22.7 Å². The summed E-state index contributed by atoms with van der Waals surface area (Å²) in [4.78, 5) is 0. The summed E-state index contributed by atoms with van der Waals surface area (Å²) >= 11 is 3.52. The highest BCUT2D eigenvalue weighted by Gasteiger charge is 2.18. The van der Waals surface area contributed by atoms with Gasteiger partial charge in [0.15, 0.2) is 6.29 Å². The summed E-state index contributed by atoms with van der Waals surface area (Å²) in [5.41, 5.74) is 2.42. The third-order valence-electron chi connectivity index (χ3n) is 2.54.